The monoisotopic (exact) mass is 238 g/mol. The molecule has 0 bridgehead atoms. The number of aliphatic hydroxyl groups is 1. The van der Waals surface area contributed by atoms with Crippen LogP contribution in [0.25, 0.3) is 0 Å². The predicted octanol–water partition coefficient (Wildman–Crippen LogP) is 3.49. The number of hydrogen-bond donors (Lipinski definition) is 1. The highest BCUT2D eigenvalue weighted by atomic mass is 19.3. The van der Waals surface area contributed by atoms with Crippen molar-refractivity contribution in [1.82, 2.24) is 0 Å². The summed E-state index contributed by atoms with van der Waals surface area (Å²) in [5, 5.41) is 9.89. The molecule has 1 N–H and O–H groups in total. The fourth-order valence-electron chi connectivity index (χ4n) is 1.64. The summed E-state index contributed by atoms with van der Waals surface area (Å²) in [6.07, 6.45) is -1.57. The molecule has 1 aromatic heterocycles. The zero-order valence-corrected chi connectivity index (χ0v) is 9.01. The highest BCUT2D eigenvalue weighted by Gasteiger charge is 2.13. The molecular weight excluding hydrogens is 226 g/mol. The highest BCUT2D eigenvalue weighted by molar-refractivity contribution is 5.26. The first-order valence-electron chi connectivity index (χ1n) is 5.25. The highest BCUT2D eigenvalue weighted by Crippen LogP contribution is 2.24. The molecule has 1 aromatic carbocycles. The Bertz CT molecular complexity index is 466. The minimum atomic E-state index is -2.52. The maximum absolute atomic E-state index is 12.5. The van der Waals surface area contributed by atoms with Crippen molar-refractivity contribution in [3.63, 3.8) is 0 Å². The van der Waals surface area contributed by atoms with Gasteiger partial charge in [0, 0.05) is 12.0 Å². The van der Waals surface area contributed by atoms with Crippen molar-refractivity contribution in [2.24, 2.45) is 0 Å². The lowest BCUT2D eigenvalue weighted by atomic mass is 10.0. The van der Waals surface area contributed by atoms with Gasteiger partial charge in [0.2, 0.25) is 0 Å². The number of rotatable bonds is 4. The molecule has 0 saturated heterocycles. The zero-order valence-electron chi connectivity index (χ0n) is 9.01. The van der Waals surface area contributed by atoms with Crippen molar-refractivity contribution in [3.05, 3.63) is 59.5 Å². The minimum absolute atomic E-state index is 0.0824. The third-order valence-corrected chi connectivity index (χ3v) is 2.52. The topological polar surface area (TPSA) is 33.4 Å². The molecule has 0 radical (unpaired) electrons. The third kappa shape index (κ3) is 2.91. The summed E-state index contributed by atoms with van der Waals surface area (Å²) >= 11 is 0. The van der Waals surface area contributed by atoms with E-state index in [9.17, 15) is 13.9 Å². The van der Waals surface area contributed by atoms with Crippen LogP contribution < -0.4 is 0 Å². The van der Waals surface area contributed by atoms with E-state index in [0.29, 0.717) is 11.3 Å². The van der Waals surface area contributed by atoms with Gasteiger partial charge < -0.3 is 9.52 Å². The molecule has 0 saturated carbocycles. The molecule has 90 valence electrons. The van der Waals surface area contributed by atoms with Crippen molar-refractivity contribution in [3.8, 4) is 0 Å². The van der Waals surface area contributed by atoms with Gasteiger partial charge >= 0.3 is 0 Å². The second-order valence-corrected chi connectivity index (χ2v) is 3.77. The third-order valence-electron chi connectivity index (χ3n) is 2.52. The van der Waals surface area contributed by atoms with E-state index in [2.05, 4.69) is 0 Å². The molecule has 2 nitrogen and oxygen atoms in total. The average Bonchev–Trinajstić information content (AvgIpc) is 2.82. The molecule has 1 atom stereocenters. The van der Waals surface area contributed by atoms with E-state index in [4.69, 9.17) is 4.42 Å². The maximum Gasteiger partial charge on any atom is 0.263 e. The van der Waals surface area contributed by atoms with Gasteiger partial charge in [-0.1, -0.05) is 18.2 Å². The molecule has 2 rings (SSSR count). The zero-order chi connectivity index (χ0) is 12.3. The normalized spacial score (nSPS) is 12.9. The number of aliphatic hydroxyl groups excluding tert-OH is 1. The van der Waals surface area contributed by atoms with Crippen LogP contribution in [-0.2, 0) is 6.42 Å². The quantitative estimate of drug-likeness (QED) is 0.884. The van der Waals surface area contributed by atoms with Crippen LogP contribution in [-0.4, -0.2) is 5.11 Å². The minimum Gasteiger partial charge on any atom is -0.469 e. The maximum atomic E-state index is 12.5. The van der Waals surface area contributed by atoms with Gasteiger partial charge in [0.1, 0.15) is 5.76 Å². The number of alkyl halides is 2. The van der Waals surface area contributed by atoms with Crippen LogP contribution in [0.3, 0.4) is 0 Å². The van der Waals surface area contributed by atoms with E-state index in [1.807, 2.05) is 0 Å². The molecule has 0 aliphatic rings. The van der Waals surface area contributed by atoms with E-state index < -0.39 is 12.5 Å². The lowest BCUT2D eigenvalue weighted by Crippen LogP contribution is -2.01. The molecular formula is C13H12F2O2. The molecule has 17 heavy (non-hydrogen) atoms. The fraction of sp³-hybridized carbons (Fsp3) is 0.231. The molecule has 2 aromatic rings. The Kier molecular flexibility index (Phi) is 3.54. The predicted molar refractivity (Wildman–Crippen MR) is 58.8 cm³/mol. The van der Waals surface area contributed by atoms with E-state index in [1.54, 1.807) is 18.2 Å². The first-order chi connectivity index (χ1) is 8.16. The van der Waals surface area contributed by atoms with Gasteiger partial charge in [-0.2, -0.15) is 0 Å². The van der Waals surface area contributed by atoms with Gasteiger partial charge in [0.25, 0.3) is 6.43 Å². The van der Waals surface area contributed by atoms with Crippen molar-refractivity contribution >= 4 is 0 Å². The second kappa shape index (κ2) is 5.10. The number of benzene rings is 1. The Morgan fingerprint density at radius 3 is 2.53 bits per heavy atom. The molecule has 0 aliphatic heterocycles. The van der Waals surface area contributed by atoms with E-state index >= 15 is 0 Å². The number of hydrogen-bond acceptors (Lipinski definition) is 2. The fourth-order valence-corrected chi connectivity index (χ4v) is 1.64. The van der Waals surface area contributed by atoms with Crippen molar-refractivity contribution in [1.29, 1.82) is 0 Å². The van der Waals surface area contributed by atoms with Crippen LogP contribution in [0.4, 0.5) is 8.78 Å². The Labute approximate surface area is 97.5 Å². The van der Waals surface area contributed by atoms with Crippen LogP contribution in [0.2, 0.25) is 0 Å². The molecule has 4 heteroatoms. The summed E-state index contributed by atoms with van der Waals surface area (Å²) in [5.41, 5.74) is 0.389. The van der Waals surface area contributed by atoms with Crippen molar-refractivity contribution in [2.45, 2.75) is 19.0 Å². The number of furan rings is 1. The molecule has 0 amide bonds. The van der Waals surface area contributed by atoms with E-state index in [1.165, 1.54) is 24.5 Å². The molecule has 0 spiro atoms. The van der Waals surface area contributed by atoms with Gasteiger partial charge in [-0.25, -0.2) is 8.78 Å². The summed E-state index contributed by atoms with van der Waals surface area (Å²) in [6.45, 7) is 0. The van der Waals surface area contributed by atoms with Crippen LogP contribution in [0.15, 0.2) is 47.1 Å². The smallest absolute Gasteiger partial charge is 0.263 e. The molecule has 0 fully saturated rings. The summed E-state index contributed by atoms with van der Waals surface area (Å²) in [6, 6.07) is 9.26. The summed E-state index contributed by atoms with van der Waals surface area (Å²) in [7, 11) is 0. The lowest BCUT2D eigenvalue weighted by Gasteiger charge is -2.10. The Morgan fingerprint density at radius 1 is 1.12 bits per heavy atom. The van der Waals surface area contributed by atoms with Gasteiger partial charge in [-0.3, -0.25) is 0 Å². The second-order valence-electron chi connectivity index (χ2n) is 3.77. The van der Waals surface area contributed by atoms with E-state index in [-0.39, 0.29) is 12.0 Å². The SMILES string of the molecule is OC(Cc1ccco1)c1cccc(C(F)F)c1. The van der Waals surface area contributed by atoms with Gasteiger partial charge in [-0.05, 0) is 23.8 Å². The van der Waals surface area contributed by atoms with Crippen LogP contribution in [0.5, 0.6) is 0 Å². The molecule has 0 aliphatic carbocycles. The van der Waals surface area contributed by atoms with E-state index in [0.717, 1.165) is 0 Å². The van der Waals surface area contributed by atoms with Crippen LogP contribution in [0, 0.1) is 0 Å². The van der Waals surface area contributed by atoms with Crippen molar-refractivity contribution < 1.29 is 18.3 Å². The molecule has 1 unspecified atom stereocenters. The standard InChI is InChI=1S/C13H12F2O2/c14-13(15)10-4-1-3-9(7-10)12(16)8-11-5-2-6-17-11/h1-7,12-13,16H,8H2. The Hall–Kier alpha value is -1.68. The summed E-state index contributed by atoms with van der Waals surface area (Å²) in [4.78, 5) is 0. The van der Waals surface area contributed by atoms with Crippen LogP contribution in [0.1, 0.15) is 29.4 Å². The van der Waals surface area contributed by atoms with Gasteiger partial charge in [-0.15, -0.1) is 0 Å². The largest absolute Gasteiger partial charge is 0.469 e. The van der Waals surface area contributed by atoms with Gasteiger partial charge in [0.15, 0.2) is 0 Å². The average molecular weight is 238 g/mol. The molecule has 1 heterocycles. The first-order valence-corrected chi connectivity index (χ1v) is 5.25. The Morgan fingerprint density at radius 2 is 1.88 bits per heavy atom. The Balaban J connectivity index is 2.13. The van der Waals surface area contributed by atoms with Crippen molar-refractivity contribution in [2.75, 3.05) is 0 Å². The van der Waals surface area contributed by atoms with Crippen LogP contribution >= 0.6 is 0 Å². The summed E-state index contributed by atoms with van der Waals surface area (Å²) < 4.78 is 30.1. The number of halogens is 2. The first kappa shape index (κ1) is 11.8. The van der Waals surface area contributed by atoms with Gasteiger partial charge in [0.05, 0.1) is 12.4 Å². The summed E-state index contributed by atoms with van der Waals surface area (Å²) in [5.74, 6) is 0.625. The lowest BCUT2D eigenvalue weighted by molar-refractivity contribution is 0.149.